The maximum absolute atomic E-state index is 12.4. The minimum absolute atomic E-state index is 0.0518. The fraction of sp³-hybridized carbons (Fsp3) is 0.118. The average molecular weight is 353 g/mol. The summed E-state index contributed by atoms with van der Waals surface area (Å²) < 4.78 is 9.64. The van der Waals surface area contributed by atoms with Gasteiger partial charge in [0, 0.05) is 11.9 Å². The van der Waals surface area contributed by atoms with Crippen molar-refractivity contribution in [2.24, 2.45) is 0 Å². The third-order valence-electron chi connectivity index (χ3n) is 3.60. The van der Waals surface area contributed by atoms with Gasteiger partial charge in [0.15, 0.2) is 6.33 Å². The van der Waals surface area contributed by atoms with E-state index < -0.39 is 11.9 Å². The maximum atomic E-state index is 12.4. The molecule has 2 aromatic rings. The molecule has 0 aliphatic carbocycles. The largest absolute Gasteiger partial charge is 0.465 e. The molecule has 0 radical (unpaired) electrons. The van der Waals surface area contributed by atoms with Crippen LogP contribution in [-0.2, 0) is 19.1 Å². The number of carbonyl (C=O) groups is 2. The Hall–Kier alpha value is -3.75. The SMILES string of the molecule is COC(=O)C1=C(C(=O)OC)N(c2ccc(-n3ncnn3)cc2)C=CC=C1. The third-order valence-corrected chi connectivity index (χ3v) is 3.60. The summed E-state index contributed by atoms with van der Waals surface area (Å²) in [4.78, 5) is 27.4. The minimum atomic E-state index is -0.663. The second-order valence-corrected chi connectivity index (χ2v) is 5.06. The van der Waals surface area contributed by atoms with Crippen molar-refractivity contribution in [2.75, 3.05) is 19.1 Å². The van der Waals surface area contributed by atoms with Crippen LogP contribution < -0.4 is 4.90 Å². The number of rotatable bonds is 4. The van der Waals surface area contributed by atoms with Gasteiger partial charge in [-0.3, -0.25) is 0 Å². The lowest BCUT2D eigenvalue weighted by molar-refractivity contribution is -0.139. The van der Waals surface area contributed by atoms with Crippen LogP contribution in [0.3, 0.4) is 0 Å². The normalized spacial score (nSPS) is 13.5. The topological polar surface area (TPSA) is 99.4 Å². The minimum Gasteiger partial charge on any atom is -0.465 e. The number of ether oxygens (including phenoxy) is 2. The van der Waals surface area contributed by atoms with E-state index in [0.29, 0.717) is 11.4 Å². The molecule has 1 aliphatic heterocycles. The molecule has 0 N–H and O–H groups in total. The summed E-state index contributed by atoms with van der Waals surface area (Å²) in [5.74, 6) is -1.30. The van der Waals surface area contributed by atoms with E-state index >= 15 is 0 Å². The average Bonchev–Trinajstić information content (AvgIpc) is 3.13. The predicted octanol–water partition coefficient (Wildman–Crippen LogP) is 1.15. The molecule has 9 nitrogen and oxygen atoms in total. The Bertz CT molecular complexity index is 898. The van der Waals surface area contributed by atoms with Crippen LogP contribution in [-0.4, -0.2) is 46.4 Å². The van der Waals surface area contributed by atoms with E-state index in [-0.39, 0.29) is 11.3 Å². The number of anilines is 1. The summed E-state index contributed by atoms with van der Waals surface area (Å²) in [6, 6.07) is 7.03. The monoisotopic (exact) mass is 353 g/mol. The van der Waals surface area contributed by atoms with E-state index in [1.54, 1.807) is 47.5 Å². The van der Waals surface area contributed by atoms with Gasteiger partial charge in [-0.05, 0) is 41.6 Å². The van der Waals surface area contributed by atoms with E-state index in [2.05, 4.69) is 15.4 Å². The standard InChI is InChI=1S/C17H15N5O4/c1-25-16(23)14-5-3-4-10-21(15(14)17(24)26-2)12-6-8-13(9-7-12)22-19-11-18-20-22/h3-11H,1-2H3. The fourth-order valence-electron chi connectivity index (χ4n) is 2.40. The molecule has 0 saturated carbocycles. The second kappa shape index (κ2) is 7.43. The summed E-state index contributed by atoms with van der Waals surface area (Å²) in [5, 5.41) is 11.4. The first-order valence-electron chi connectivity index (χ1n) is 7.54. The van der Waals surface area contributed by atoms with Gasteiger partial charge in [-0.2, -0.15) is 0 Å². The van der Waals surface area contributed by atoms with Crippen molar-refractivity contribution in [1.82, 2.24) is 20.2 Å². The summed E-state index contributed by atoms with van der Waals surface area (Å²) in [5.41, 5.74) is 1.47. The highest BCUT2D eigenvalue weighted by atomic mass is 16.5. The Balaban J connectivity index is 2.06. The number of hydrogen-bond acceptors (Lipinski definition) is 8. The van der Waals surface area contributed by atoms with Crippen molar-refractivity contribution in [2.45, 2.75) is 0 Å². The number of aromatic nitrogens is 4. The van der Waals surface area contributed by atoms with Gasteiger partial charge in [0.2, 0.25) is 0 Å². The molecule has 9 heteroatoms. The molecule has 0 spiro atoms. The van der Waals surface area contributed by atoms with Crippen LogP contribution in [0, 0.1) is 0 Å². The molecule has 3 rings (SSSR count). The van der Waals surface area contributed by atoms with Crippen LogP contribution >= 0.6 is 0 Å². The van der Waals surface area contributed by atoms with Crippen molar-refractivity contribution >= 4 is 17.6 Å². The zero-order chi connectivity index (χ0) is 18.5. The van der Waals surface area contributed by atoms with Crippen molar-refractivity contribution in [1.29, 1.82) is 0 Å². The Morgan fingerprint density at radius 3 is 2.27 bits per heavy atom. The Labute approximate surface area is 148 Å². The summed E-state index contributed by atoms with van der Waals surface area (Å²) in [7, 11) is 2.50. The molecule has 0 bridgehead atoms. The molecular formula is C17H15N5O4. The Morgan fingerprint density at radius 1 is 0.962 bits per heavy atom. The summed E-state index contributed by atoms with van der Waals surface area (Å²) in [6.45, 7) is 0. The molecular weight excluding hydrogens is 338 g/mol. The lowest BCUT2D eigenvalue weighted by Gasteiger charge is -2.23. The molecule has 1 aromatic carbocycles. The molecule has 0 unspecified atom stereocenters. The van der Waals surface area contributed by atoms with Crippen molar-refractivity contribution in [3.05, 3.63) is 66.3 Å². The number of carbonyl (C=O) groups excluding carboxylic acids is 2. The molecule has 1 aliphatic rings. The first kappa shape index (κ1) is 17.1. The van der Waals surface area contributed by atoms with Gasteiger partial charge in [-0.1, -0.05) is 6.08 Å². The van der Waals surface area contributed by atoms with Gasteiger partial charge >= 0.3 is 11.9 Å². The molecule has 26 heavy (non-hydrogen) atoms. The van der Waals surface area contributed by atoms with Gasteiger partial charge in [0.05, 0.1) is 25.5 Å². The van der Waals surface area contributed by atoms with Crippen LogP contribution in [0.4, 0.5) is 5.69 Å². The zero-order valence-electron chi connectivity index (χ0n) is 14.1. The van der Waals surface area contributed by atoms with E-state index in [9.17, 15) is 9.59 Å². The van der Waals surface area contributed by atoms with Gasteiger partial charge in [-0.25, -0.2) is 9.59 Å². The number of hydrogen-bond donors (Lipinski definition) is 0. The molecule has 0 amide bonds. The molecule has 132 valence electrons. The van der Waals surface area contributed by atoms with Gasteiger partial charge in [0.1, 0.15) is 5.70 Å². The maximum Gasteiger partial charge on any atom is 0.355 e. The third kappa shape index (κ3) is 3.22. The highest BCUT2D eigenvalue weighted by Crippen LogP contribution is 2.26. The molecule has 0 saturated heterocycles. The number of benzene rings is 1. The Kier molecular flexibility index (Phi) is 4.88. The number of allylic oxidation sites excluding steroid dienone is 2. The quantitative estimate of drug-likeness (QED) is 0.755. The number of nitrogens with zero attached hydrogens (tertiary/aromatic N) is 5. The van der Waals surface area contributed by atoms with Gasteiger partial charge < -0.3 is 14.4 Å². The second-order valence-electron chi connectivity index (χ2n) is 5.06. The number of esters is 2. The van der Waals surface area contributed by atoms with Crippen LogP contribution in [0.15, 0.2) is 66.3 Å². The van der Waals surface area contributed by atoms with Crippen molar-refractivity contribution in [3.8, 4) is 5.69 Å². The highest BCUT2D eigenvalue weighted by Gasteiger charge is 2.27. The summed E-state index contributed by atoms with van der Waals surface area (Å²) in [6.07, 6.45) is 7.83. The highest BCUT2D eigenvalue weighted by molar-refractivity contribution is 6.05. The first-order chi connectivity index (χ1) is 12.7. The molecule has 1 aromatic heterocycles. The number of tetrazole rings is 1. The molecule has 2 heterocycles. The van der Waals surface area contributed by atoms with E-state index in [4.69, 9.17) is 9.47 Å². The van der Waals surface area contributed by atoms with Crippen LogP contribution in [0.5, 0.6) is 0 Å². The molecule has 0 fully saturated rings. The van der Waals surface area contributed by atoms with E-state index in [1.165, 1.54) is 31.4 Å². The van der Waals surface area contributed by atoms with Crippen LogP contribution in [0.25, 0.3) is 5.69 Å². The van der Waals surface area contributed by atoms with Crippen molar-refractivity contribution in [3.63, 3.8) is 0 Å². The zero-order valence-corrected chi connectivity index (χ0v) is 14.1. The Morgan fingerprint density at radius 2 is 1.65 bits per heavy atom. The summed E-state index contributed by atoms with van der Waals surface area (Å²) >= 11 is 0. The lowest BCUT2D eigenvalue weighted by Crippen LogP contribution is -2.26. The van der Waals surface area contributed by atoms with E-state index in [1.807, 2.05) is 0 Å². The number of methoxy groups -OCH3 is 2. The fourth-order valence-corrected chi connectivity index (χ4v) is 2.40. The molecule has 0 atom stereocenters. The first-order valence-corrected chi connectivity index (χ1v) is 7.54. The van der Waals surface area contributed by atoms with Crippen molar-refractivity contribution < 1.29 is 19.1 Å². The predicted molar refractivity (Wildman–Crippen MR) is 91.0 cm³/mol. The van der Waals surface area contributed by atoms with Gasteiger partial charge in [0.25, 0.3) is 0 Å². The smallest absolute Gasteiger partial charge is 0.355 e. The van der Waals surface area contributed by atoms with Crippen LogP contribution in [0.2, 0.25) is 0 Å². The van der Waals surface area contributed by atoms with Crippen LogP contribution in [0.1, 0.15) is 0 Å². The lowest BCUT2D eigenvalue weighted by atomic mass is 10.1. The van der Waals surface area contributed by atoms with Gasteiger partial charge in [-0.15, -0.1) is 15.0 Å². The van der Waals surface area contributed by atoms with E-state index in [0.717, 1.165) is 0 Å².